The van der Waals surface area contributed by atoms with E-state index < -0.39 is 5.91 Å². The van der Waals surface area contributed by atoms with E-state index >= 15 is 0 Å². The molecule has 0 heterocycles. The van der Waals surface area contributed by atoms with Crippen molar-refractivity contribution < 1.29 is 19.0 Å². The Bertz CT molecular complexity index is 1150. The van der Waals surface area contributed by atoms with E-state index in [2.05, 4.69) is 26.5 Å². The second-order valence-electron chi connectivity index (χ2n) is 7.14. The van der Waals surface area contributed by atoms with Crippen LogP contribution in [0.5, 0.6) is 17.2 Å². The van der Waals surface area contributed by atoms with E-state index in [-0.39, 0.29) is 0 Å². The van der Waals surface area contributed by atoms with Crippen LogP contribution in [0.4, 0.5) is 0 Å². The number of hydrazone groups is 1. The van der Waals surface area contributed by atoms with Gasteiger partial charge in [-0.1, -0.05) is 58.2 Å². The van der Waals surface area contributed by atoms with Gasteiger partial charge in [0.15, 0.2) is 17.2 Å². The number of methoxy groups -OCH3 is 1. The number of carbonyl (C=O) groups excluding carboxylic acids is 1. The van der Waals surface area contributed by atoms with Gasteiger partial charge in [0.1, 0.15) is 6.61 Å². The van der Waals surface area contributed by atoms with Crippen LogP contribution in [-0.4, -0.2) is 25.8 Å². The maximum Gasteiger partial charge on any atom is 0.271 e. The summed E-state index contributed by atoms with van der Waals surface area (Å²) in [5.41, 5.74) is 4.44. The largest absolute Gasteiger partial charge is 0.493 e. The van der Waals surface area contributed by atoms with E-state index in [1.807, 2.05) is 31.2 Å². The molecule has 3 aromatic rings. The molecule has 0 radical (unpaired) electrons. The first kappa shape index (κ1) is 25.9. The third-order valence-corrected chi connectivity index (χ3v) is 5.67. The van der Waals surface area contributed by atoms with Crippen LogP contribution in [0.1, 0.15) is 34.8 Å². The smallest absolute Gasteiger partial charge is 0.271 e. The summed E-state index contributed by atoms with van der Waals surface area (Å²) in [6.07, 6.45) is 2.32. The van der Waals surface area contributed by atoms with Gasteiger partial charge in [-0.15, -0.1) is 0 Å². The molecule has 34 heavy (non-hydrogen) atoms. The number of halogens is 3. The monoisotopic (exact) mass is 564 g/mol. The lowest BCUT2D eigenvalue weighted by Crippen LogP contribution is -2.17. The summed E-state index contributed by atoms with van der Waals surface area (Å²) in [4.78, 5) is 12.5. The fourth-order valence-corrected chi connectivity index (χ4v) is 3.78. The molecule has 3 aromatic carbocycles. The maximum atomic E-state index is 12.5. The fourth-order valence-electron chi connectivity index (χ4n) is 2.90. The second kappa shape index (κ2) is 12.6. The molecule has 6 nitrogen and oxygen atoms in total. The van der Waals surface area contributed by atoms with Gasteiger partial charge in [0.25, 0.3) is 5.91 Å². The van der Waals surface area contributed by atoms with E-state index in [9.17, 15) is 4.79 Å². The summed E-state index contributed by atoms with van der Waals surface area (Å²) < 4.78 is 17.7. The Morgan fingerprint density at radius 1 is 1.03 bits per heavy atom. The molecule has 178 valence electrons. The van der Waals surface area contributed by atoms with E-state index in [4.69, 9.17) is 37.4 Å². The molecule has 0 aliphatic heterocycles. The SMILES string of the molecule is CCCOc1ccc(C(=O)N/N=C/c2cc(Cl)c(OCc3ccc(Br)cc3)c(Cl)c2)cc1OC. The average molecular weight is 566 g/mol. The minimum absolute atomic E-state index is 0.321. The number of hydrogen-bond donors (Lipinski definition) is 1. The van der Waals surface area contributed by atoms with Crippen LogP contribution in [-0.2, 0) is 6.61 Å². The van der Waals surface area contributed by atoms with Gasteiger partial charge in [0.05, 0.1) is 30.0 Å². The molecular formula is C25H23BrCl2N2O4. The molecule has 0 aliphatic carbocycles. The van der Waals surface area contributed by atoms with E-state index in [1.165, 1.54) is 13.3 Å². The van der Waals surface area contributed by atoms with Crippen LogP contribution in [0.3, 0.4) is 0 Å². The predicted octanol–water partition coefficient (Wildman–Crippen LogP) is 6.90. The Kier molecular flexibility index (Phi) is 9.62. The molecule has 9 heteroatoms. The van der Waals surface area contributed by atoms with Gasteiger partial charge in [-0.3, -0.25) is 4.79 Å². The highest BCUT2D eigenvalue weighted by atomic mass is 79.9. The van der Waals surface area contributed by atoms with Crippen molar-refractivity contribution in [3.63, 3.8) is 0 Å². The van der Waals surface area contributed by atoms with E-state index in [1.54, 1.807) is 30.3 Å². The summed E-state index contributed by atoms with van der Waals surface area (Å²) in [5.74, 6) is 1.03. The molecule has 1 N–H and O–H groups in total. The zero-order chi connectivity index (χ0) is 24.5. The van der Waals surface area contributed by atoms with Crippen molar-refractivity contribution in [3.8, 4) is 17.2 Å². The molecule has 0 bridgehead atoms. The van der Waals surface area contributed by atoms with Crippen molar-refractivity contribution >= 4 is 51.3 Å². The average Bonchev–Trinajstić information content (AvgIpc) is 2.83. The second-order valence-corrected chi connectivity index (χ2v) is 8.87. The van der Waals surface area contributed by atoms with Crippen molar-refractivity contribution in [2.24, 2.45) is 5.10 Å². The first-order valence-electron chi connectivity index (χ1n) is 10.4. The fraction of sp³-hybridized carbons (Fsp3) is 0.200. The van der Waals surface area contributed by atoms with Crippen LogP contribution in [0.15, 0.2) is 64.2 Å². The summed E-state index contributed by atoms with van der Waals surface area (Å²) in [5, 5.41) is 4.68. The molecule has 0 aliphatic rings. The lowest BCUT2D eigenvalue weighted by atomic mass is 10.2. The number of benzene rings is 3. The molecule has 0 atom stereocenters. The van der Waals surface area contributed by atoms with Crippen LogP contribution in [0, 0.1) is 0 Å². The molecular weight excluding hydrogens is 543 g/mol. The van der Waals surface area contributed by atoms with Crippen molar-refractivity contribution in [1.29, 1.82) is 0 Å². The third-order valence-electron chi connectivity index (χ3n) is 4.58. The van der Waals surface area contributed by atoms with Crippen LogP contribution < -0.4 is 19.6 Å². The standard InChI is InChI=1S/C25H23BrCl2N2O4/c1-3-10-33-22-9-6-18(13-23(22)32-2)25(31)30-29-14-17-11-20(27)24(21(28)12-17)34-15-16-4-7-19(26)8-5-16/h4-9,11-14H,3,10,15H2,1-2H3,(H,30,31)/b29-14+. The number of rotatable bonds is 10. The van der Waals surface area contributed by atoms with Crippen molar-refractivity contribution in [3.05, 3.63) is 85.8 Å². The quantitative estimate of drug-likeness (QED) is 0.214. The summed E-state index contributed by atoms with van der Waals surface area (Å²) in [6, 6.07) is 16.0. The molecule has 1 amide bonds. The van der Waals surface area contributed by atoms with Gasteiger partial charge >= 0.3 is 0 Å². The molecule has 0 saturated carbocycles. The minimum atomic E-state index is -0.400. The van der Waals surface area contributed by atoms with Gasteiger partial charge in [-0.05, 0) is 60.0 Å². The number of amides is 1. The Morgan fingerprint density at radius 2 is 1.74 bits per heavy atom. The maximum absolute atomic E-state index is 12.5. The van der Waals surface area contributed by atoms with Crippen molar-refractivity contribution in [2.75, 3.05) is 13.7 Å². The molecule has 0 spiro atoms. The number of ether oxygens (including phenoxy) is 3. The summed E-state index contributed by atoms with van der Waals surface area (Å²) >= 11 is 16.1. The van der Waals surface area contributed by atoms with E-state index in [0.29, 0.717) is 51.6 Å². The van der Waals surface area contributed by atoms with Gasteiger partial charge in [0.2, 0.25) is 0 Å². The minimum Gasteiger partial charge on any atom is -0.493 e. The highest BCUT2D eigenvalue weighted by Crippen LogP contribution is 2.34. The van der Waals surface area contributed by atoms with Gasteiger partial charge in [-0.2, -0.15) is 5.10 Å². The summed E-state index contributed by atoms with van der Waals surface area (Å²) in [7, 11) is 1.52. The number of carbonyl (C=O) groups is 1. The van der Waals surface area contributed by atoms with Crippen LogP contribution >= 0.6 is 39.1 Å². The first-order valence-corrected chi connectivity index (χ1v) is 12.0. The van der Waals surface area contributed by atoms with Crippen LogP contribution in [0.2, 0.25) is 10.0 Å². The normalized spacial score (nSPS) is 10.9. The molecule has 0 saturated heterocycles. The Morgan fingerprint density at radius 3 is 2.38 bits per heavy atom. The number of nitrogens with zero attached hydrogens (tertiary/aromatic N) is 1. The number of hydrogen-bond acceptors (Lipinski definition) is 5. The van der Waals surface area contributed by atoms with Gasteiger partial charge in [-0.25, -0.2) is 5.43 Å². The van der Waals surface area contributed by atoms with Crippen LogP contribution in [0.25, 0.3) is 0 Å². The van der Waals surface area contributed by atoms with E-state index in [0.717, 1.165) is 16.5 Å². The van der Waals surface area contributed by atoms with Gasteiger partial charge < -0.3 is 14.2 Å². The molecule has 3 rings (SSSR count). The zero-order valence-corrected chi connectivity index (χ0v) is 21.7. The Hall–Kier alpha value is -2.74. The highest BCUT2D eigenvalue weighted by Gasteiger charge is 2.12. The summed E-state index contributed by atoms with van der Waals surface area (Å²) in [6.45, 7) is 2.89. The predicted molar refractivity (Wildman–Crippen MR) is 139 cm³/mol. The zero-order valence-electron chi connectivity index (χ0n) is 18.6. The number of nitrogens with one attached hydrogen (secondary N) is 1. The molecule has 0 aromatic heterocycles. The first-order chi connectivity index (χ1) is 16.4. The lowest BCUT2D eigenvalue weighted by molar-refractivity contribution is 0.0954. The highest BCUT2D eigenvalue weighted by molar-refractivity contribution is 9.10. The van der Waals surface area contributed by atoms with Gasteiger partial charge in [0, 0.05) is 10.0 Å². The topological polar surface area (TPSA) is 69.2 Å². The third kappa shape index (κ3) is 7.13. The Labute approximate surface area is 216 Å². The Balaban J connectivity index is 1.63. The molecule has 0 fully saturated rings. The van der Waals surface area contributed by atoms with Crippen molar-refractivity contribution in [1.82, 2.24) is 5.43 Å². The van der Waals surface area contributed by atoms with Crippen molar-refractivity contribution in [2.45, 2.75) is 20.0 Å². The molecule has 0 unspecified atom stereocenters. The lowest BCUT2D eigenvalue weighted by Gasteiger charge is -2.11.